The molecule has 0 atom stereocenters. The zero-order valence-corrected chi connectivity index (χ0v) is 8.04. The Morgan fingerprint density at radius 1 is 1.69 bits per heavy atom. The van der Waals surface area contributed by atoms with Crippen molar-refractivity contribution >= 4 is 17.9 Å². The molecule has 0 amide bonds. The maximum atomic E-state index is 10.6. The van der Waals surface area contributed by atoms with Gasteiger partial charge in [-0.15, -0.1) is 0 Å². The predicted octanol–water partition coefficient (Wildman–Crippen LogP) is 0.117. The molecule has 0 saturated carbocycles. The fourth-order valence-corrected chi connectivity index (χ4v) is 0.983. The van der Waals surface area contributed by atoms with Crippen molar-refractivity contribution in [3.05, 3.63) is 33.9 Å². The van der Waals surface area contributed by atoms with Gasteiger partial charge in [-0.1, -0.05) is 0 Å². The summed E-state index contributed by atoms with van der Waals surface area (Å²) in [6.45, 7) is 0. The van der Waals surface area contributed by atoms with Gasteiger partial charge >= 0.3 is 0 Å². The minimum Gasteiger partial charge on any atom is -0.508 e. The standard InChI is InChI=1S/C8H9N5O3/c9-8(10)12-11-4-5-3-6(14)1-2-7(5)13(15)16/h1-4,14H,(H4,9,10,12)/b11-4+. The molecule has 1 aromatic rings. The number of benzene rings is 1. The van der Waals surface area contributed by atoms with E-state index >= 15 is 0 Å². The van der Waals surface area contributed by atoms with Crippen LogP contribution < -0.4 is 11.2 Å². The molecule has 0 aliphatic heterocycles. The van der Waals surface area contributed by atoms with Gasteiger partial charge in [-0.3, -0.25) is 15.5 Å². The molecule has 0 spiro atoms. The fourth-order valence-electron chi connectivity index (χ4n) is 0.983. The van der Waals surface area contributed by atoms with E-state index in [4.69, 9.17) is 16.2 Å². The van der Waals surface area contributed by atoms with E-state index in [9.17, 15) is 10.1 Å². The van der Waals surface area contributed by atoms with E-state index < -0.39 is 4.92 Å². The molecule has 0 fully saturated rings. The van der Waals surface area contributed by atoms with Crippen molar-refractivity contribution in [1.82, 2.24) is 5.43 Å². The highest BCUT2D eigenvalue weighted by Crippen LogP contribution is 2.21. The molecule has 8 nitrogen and oxygen atoms in total. The third-order valence-electron chi connectivity index (χ3n) is 1.60. The Morgan fingerprint density at radius 2 is 2.38 bits per heavy atom. The molecule has 0 bridgehead atoms. The maximum absolute atomic E-state index is 10.6. The average Bonchev–Trinajstić information content (AvgIpc) is 2.16. The molecule has 0 aliphatic carbocycles. The number of nitro benzene ring substituents is 1. The highest BCUT2D eigenvalue weighted by molar-refractivity contribution is 5.87. The molecule has 84 valence electrons. The van der Waals surface area contributed by atoms with E-state index in [0.717, 1.165) is 12.3 Å². The Balaban J connectivity index is 3.01. The summed E-state index contributed by atoms with van der Waals surface area (Å²) in [5.74, 6) is -0.506. The minimum absolute atomic E-state index is 0.110. The van der Waals surface area contributed by atoms with Crippen molar-refractivity contribution in [2.75, 3.05) is 0 Å². The van der Waals surface area contributed by atoms with Crippen LogP contribution in [0.3, 0.4) is 0 Å². The molecule has 0 heterocycles. The number of phenols is 1. The first-order valence-electron chi connectivity index (χ1n) is 4.11. The summed E-state index contributed by atoms with van der Waals surface area (Å²) in [4.78, 5) is 10.0. The topological polar surface area (TPSA) is 138 Å². The van der Waals surface area contributed by atoms with Gasteiger partial charge in [0.05, 0.1) is 16.7 Å². The molecule has 0 aliphatic rings. The van der Waals surface area contributed by atoms with Gasteiger partial charge in [-0.25, -0.2) is 5.43 Å². The average molecular weight is 223 g/mol. The van der Waals surface area contributed by atoms with Gasteiger partial charge in [-0.2, -0.15) is 5.10 Å². The van der Waals surface area contributed by atoms with Crippen molar-refractivity contribution in [1.29, 1.82) is 5.41 Å². The SMILES string of the molecule is N=C(N)N/N=C/c1cc(O)ccc1[N+](=O)[O-]. The number of nitrogens with two attached hydrogens (primary N) is 1. The predicted molar refractivity (Wildman–Crippen MR) is 57.4 cm³/mol. The number of nitrogens with one attached hydrogen (secondary N) is 2. The molecule has 1 rings (SSSR count). The van der Waals surface area contributed by atoms with Gasteiger partial charge in [0.25, 0.3) is 5.69 Å². The Hall–Kier alpha value is -2.64. The number of hydrogen-bond acceptors (Lipinski definition) is 5. The summed E-state index contributed by atoms with van der Waals surface area (Å²) in [6.07, 6.45) is 1.10. The molecule has 8 heteroatoms. The van der Waals surface area contributed by atoms with Crippen molar-refractivity contribution in [3.8, 4) is 5.75 Å². The lowest BCUT2D eigenvalue weighted by atomic mass is 10.2. The van der Waals surface area contributed by atoms with Crippen molar-refractivity contribution in [2.24, 2.45) is 10.8 Å². The lowest BCUT2D eigenvalue weighted by molar-refractivity contribution is -0.385. The second-order valence-corrected chi connectivity index (χ2v) is 2.78. The van der Waals surface area contributed by atoms with Crippen LogP contribution in [0.15, 0.2) is 23.3 Å². The highest BCUT2D eigenvalue weighted by atomic mass is 16.6. The summed E-state index contributed by atoms with van der Waals surface area (Å²) in [6, 6.07) is 3.54. The van der Waals surface area contributed by atoms with Crippen LogP contribution in [0.2, 0.25) is 0 Å². The summed E-state index contributed by atoms with van der Waals surface area (Å²) in [5.41, 5.74) is 6.97. The lowest BCUT2D eigenvalue weighted by Gasteiger charge is -1.98. The Kier molecular flexibility index (Phi) is 3.38. The second-order valence-electron chi connectivity index (χ2n) is 2.78. The van der Waals surface area contributed by atoms with Crippen LogP contribution >= 0.6 is 0 Å². The van der Waals surface area contributed by atoms with Crippen LogP contribution in [0.1, 0.15) is 5.56 Å². The first kappa shape index (κ1) is 11.4. The summed E-state index contributed by atoms with van der Waals surface area (Å²) < 4.78 is 0. The van der Waals surface area contributed by atoms with Crippen LogP contribution in [-0.2, 0) is 0 Å². The van der Waals surface area contributed by atoms with E-state index in [0.29, 0.717) is 0 Å². The van der Waals surface area contributed by atoms with E-state index in [2.05, 4.69) is 10.5 Å². The second kappa shape index (κ2) is 4.73. The number of guanidine groups is 1. The zero-order valence-electron chi connectivity index (χ0n) is 8.04. The maximum Gasteiger partial charge on any atom is 0.278 e. The van der Waals surface area contributed by atoms with Crippen LogP contribution in [0.4, 0.5) is 5.69 Å². The first-order valence-corrected chi connectivity index (χ1v) is 4.11. The van der Waals surface area contributed by atoms with Gasteiger partial charge in [0.2, 0.25) is 5.96 Å². The third kappa shape index (κ3) is 2.94. The van der Waals surface area contributed by atoms with E-state index in [-0.39, 0.29) is 23.0 Å². The number of nitrogens with zero attached hydrogens (tertiary/aromatic N) is 2. The lowest BCUT2D eigenvalue weighted by Crippen LogP contribution is -2.25. The number of rotatable bonds is 3. The van der Waals surface area contributed by atoms with Gasteiger partial charge in [0.15, 0.2) is 0 Å². The van der Waals surface area contributed by atoms with Gasteiger partial charge in [0, 0.05) is 6.07 Å². The Labute approximate surface area is 90.0 Å². The largest absolute Gasteiger partial charge is 0.508 e. The molecular weight excluding hydrogens is 214 g/mol. The fraction of sp³-hybridized carbons (Fsp3) is 0. The van der Waals surface area contributed by atoms with Crippen LogP contribution in [0, 0.1) is 15.5 Å². The third-order valence-corrected chi connectivity index (χ3v) is 1.60. The molecule has 0 radical (unpaired) electrons. The zero-order chi connectivity index (χ0) is 12.1. The van der Waals surface area contributed by atoms with E-state index in [1.165, 1.54) is 12.1 Å². The minimum atomic E-state index is -0.603. The first-order chi connectivity index (χ1) is 7.50. The summed E-state index contributed by atoms with van der Waals surface area (Å²) in [7, 11) is 0. The molecule has 16 heavy (non-hydrogen) atoms. The van der Waals surface area contributed by atoms with Crippen molar-refractivity contribution in [3.63, 3.8) is 0 Å². The van der Waals surface area contributed by atoms with Crippen LogP contribution in [-0.4, -0.2) is 22.2 Å². The smallest absolute Gasteiger partial charge is 0.278 e. The number of hydrazone groups is 1. The van der Waals surface area contributed by atoms with Crippen molar-refractivity contribution in [2.45, 2.75) is 0 Å². The Bertz CT molecular complexity index is 457. The van der Waals surface area contributed by atoms with Gasteiger partial charge in [0.1, 0.15) is 5.75 Å². The molecule has 5 N–H and O–H groups in total. The molecular formula is C8H9N5O3. The quantitative estimate of drug-likeness (QED) is 0.249. The monoisotopic (exact) mass is 223 g/mol. The van der Waals surface area contributed by atoms with Crippen molar-refractivity contribution < 1.29 is 10.0 Å². The molecule has 0 unspecified atom stereocenters. The van der Waals surface area contributed by atoms with Crippen LogP contribution in [0.5, 0.6) is 5.75 Å². The van der Waals surface area contributed by atoms with Crippen LogP contribution in [0.25, 0.3) is 0 Å². The number of hydrogen-bond donors (Lipinski definition) is 4. The summed E-state index contributed by atoms with van der Waals surface area (Å²) in [5, 5.41) is 30.1. The molecule has 1 aromatic carbocycles. The molecule has 0 saturated heterocycles. The number of phenolic OH excluding ortho intramolecular Hbond substituents is 1. The number of aromatic hydroxyl groups is 1. The van der Waals surface area contributed by atoms with Gasteiger partial charge < -0.3 is 10.8 Å². The number of nitro groups is 1. The Morgan fingerprint density at radius 3 is 2.94 bits per heavy atom. The molecule has 0 aromatic heterocycles. The highest BCUT2D eigenvalue weighted by Gasteiger charge is 2.12. The normalized spacial score (nSPS) is 10.2. The van der Waals surface area contributed by atoms with Gasteiger partial charge in [-0.05, 0) is 12.1 Å². The summed E-state index contributed by atoms with van der Waals surface area (Å²) >= 11 is 0. The van der Waals surface area contributed by atoms with E-state index in [1.54, 1.807) is 0 Å². The van der Waals surface area contributed by atoms with E-state index in [1.807, 2.05) is 0 Å².